The molecule has 0 spiro atoms. The first-order valence-electron chi connectivity index (χ1n) is 4.45. The lowest BCUT2D eigenvalue weighted by molar-refractivity contribution is -0.0254. The first kappa shape index (κ1) is 6.66. The molecule has 0 heterocycles. The molecule has 1 nitrogen and oxygen atoms in total. The molecule has 0 aromatic rings. The van der Waals surface area contributed by atoms with Crippen LogP contribution in [0, 0.1) is 17.8 Å². The summed E-state index contributed by atoms with van der Waals surface area (Å²) in [6, 6.07) is 0. The summed E-state index contributed by atoms with van der Waals surface area (Å²) in [5, 5.41) is 9.52. The number of aliphatic hydroxyl groups excluding tert-OH is 1. The molecule has 2 bridgehead atoms. The van der Waals surface area contributed by atoms with Gasteiger partial charge in [0.1, 0.15) is 0 Å². The molecular weight excluding hydrogens is 124 g/mol. The van der Waals surface area contributed by atoms with Gasteiger partial charge in [0.2, 0.25) is 0 Å². The quantitative estimate of drug-likeness (QED) is 0.544. The highest BCUT2D eigenvalue weighted by atomic mass is 16.3. The Balaban J connectivity index is 2.09. The highest BCUT2D eigenvalue weighted by Crippen LogP contribution is 2.44. The van der Waals surface area contributed by atoms with Gasteiger partial charge in [0.05, 0.1) is 6.10 Å². The van der Waals surface area contributed by atoms with E-state index < -0.39 is 0 Å². The summed E-state index contributed by atoms with van der Waals surface area (Å²) in [7, 11) is 0. The Kier molecular flexibility index (Phi) is 1.48. The SMILES string of the molecule is C[C@@H]1CC2CCC1CC2O. The number of aliphatic hydroxyl groups is 1. The van der Waals surface area contributed by atoms with Crippen molar-refractivity contribution in [3.05, 3.63) is 0 Å². The highest BCUT2D eigenvalue weighted by Gasteiger charge is 2.38. The monoisotopic (exact) mass is 140 g/mol. The predicted molar refractivity (Wildman–Crippen MR) is 40.6 cm³/mol. The molecule has 0 aliphatic heterocycles. The molecule has 3 rings (SSSR count). The lowest BCUT2D eigenvalue weighted by Gasteiger charge is -2.44. The van der Waals surface area contributed by atoms with Gasteiger partial charge in [-0.05, 0) is 43.4 Å². The summed E-state index contributed by atoms with van der Waals surface area (Å²) in [5.74, 6) is 2.39. The summed E-state index contributed by atoms with van der Waals surface area (Å²) in [6.07, 6.45) is 5.09. The lowest BCUT2D eigenvalue weighted by Crippen LogP contribution is -2.39. The molecule has 3 saturated carbocycles. The van der Waals surface area contributed by atoms with Crippen molar-refractivity contribution in [2.75, 3.05) is 0 Å². The molecule has 4 atom stereocenters. The third-order valence-electron chi connectivity index (χ3n) is 3.48. The van der Waals surface area contributed by atoms with E-state index in [0.717, 1.165) is 18.3 Å². The van der Waals surface area contributed by atoms with Crippen molar-refractivity contribution >= 4 is 0 Å². The Bertz CT molecular complexity index is 117. The smallest absolute Gasteiger partial charge is 0.0571 e. The van der Waals surface area contributed by atoms with E-state index in [1.807, 2.05) is 0 Å². The summed E-state index contributed by atoms with van der Waals surface area (Å²) in [5.41, 5.74) is 0. The molecule has 0 aromatic heterocycles. The molecule has 10 heavy (non-hydrogen) atoms. The molecule has 0 amide bonds. The van der Waals surface area contributed by atoms with Crippen LogP contribution in [0.2, 0.25) is 0 Å². The molecule has 3 aliphatic rings. The maximum Gasteiger partial charge on any atom is 0.0571 e. The van der Waals surface area contributed by atoms with Gasteiger partial charge < -0.3 is 5.11 Å². The van der Waals surface area contributed by atoms with E-state index in [1.165, 1.54) is 19.3 Å². The molecular formula is C9H16O. The molecule has 1 N–H and O–H groups in total. The van der Waals surface area contributed by atoms with Gasteiger partial charge >= 0.3 is 0 Å². The van der Waals surface area contributed by atoms with Gasteiger partial charge in [-0.1, -0.05) is 6.92 Å². The van der Waals surface area contributed by atoms with Crippen LogP contribution >= 0.6 is 0 Å². The second-order valence-electron chi connectivity index (χ2n) is 4.11. The van der Waals surface area contributed by atoms with E-state index in [4.69, 9.17) is 0 Å². The fourth-order valence-corrected chi connectivity index (χ4v) is 2.70. The van der Waals surface area contributed by atoms with Gasteiger partial charge in [0.15, 0.2) is 0 Å². The Morgan fingerprint density at radius 3 is 2.10 bits per heavy atom. The zero-order valence-corrected chi connectivity index (χ0v) is 6.59. The van der Waals surface area contributed by atoms with Crippen molar-refractivity contribution in [2.45, 2.75) is 38.7 Å². The summed E-state index contributed by atoms with van der Waals surface area (Å²) >= 11 is 0. The van der Waals surface area contributed by atoms with Gasteiger partial charge in [-0.15, -0.1) is 0 Å². The van der Waals surface area contributed by atoms with Crippen molar-refractivity contribution in [3.63, 3.8) is 0 Å². The number of rotatable bonds is 0. The minimum atomic E-state index is 0.0509. The number of fused-ring (bicyclic) bond motifs is 3. The van der Waals surface area contributed by atoms with Crippen molar-refractivity contribution in [3.8, 4) is 0 Å². The predicted octanol–water partition coefficient (Wildman–Crippen LogP) is 1.80. The van der Waals surface area contributed by atoms with Crippen LogP contribution in [-0.4, -0.2) is 11.2 Å². The van der Waals surface area contributed by atoms with Crippen LogP contribution in [-0.2, 0) is 0 Å². The van der Waals surface area contributed by atoms with Crippen molar-refractivity contribution < 1.29 is 5.11 Å². The first-order valence-corrected chi connectivity index (χ1v) is 4.45. The summed E-state index contributed by atoms with van der Waals surface area (Å²) < 4.78 is 0. The summed E-state index contributed by atoms with van der Waals surface area (Å²) in [4.78, 5) is 0. The highest BCUT2D eigenvalue weighted by molar-refractivity contribution is 4.89. The van der Waals surface area contributed by atoms with E-state index >= 15 is 0 Å². The van der Waals surface area contributed by atoms with Crippen LogP contribution in [0.25, 0.3) is 0 Å². The first-order chi connectivity index (χ1) is 4.77. The zero-order chi connectivity index (χ0) is 7.14. The van der Waals surface area contributed by atoms with Gasteiger partial charge in [-0.25, -0.2) is 0 Å². The van der Waals surface area contributed by atoms with Gasteiger partial charge in [-0.3, -0.25) is 0 Å². The second kappa shape index (κ2) is 2.23. The molecule has 3 aliphatic carbocycles. The Labute approximate surface area is 62.4 Å². The summed E-state index contributed by atoms with van der Waals surface area (Å²) in [6.45, 7) is 2.34. The molecule has 58 valence electrons. The molecule has 0 radical (unpaired) electrons. The van der Waals surface area contributed by atoms with Crippen LogP contribution in [0.3, 0.4) is 0 Å². The van der Waals surface area contributed by atoms with Gasteiger partial charge in [0, 0.05) is 0 Å². The Hall–Kier alpha value is -0.0400. The van der Waals surface area contributed by atoms with E-state index in [9.17, 15) is 5.11 Å². The van der Waals surface area contributed by atoms with E-state index in [1.54, 1.807) is 0 Å². The maximum atomic E-state index is 9.52. The van der Waals surface area contributed by atoms with Crippen LogP contribution in [0.15, 0.2) is 0 Å². The topological polar surface area (TPSA) is 20.2 Å². The average molecular weight is 140 g/mol. The maximum absolute atomic E-state index is 9.52. The van der Waals surface area contributed by atoms with Crippen LogP contribution in [0.1, 0.15) is 32.6 Å². The van der Waals surface area contributed by atoms with Gasteiger partial charge in [0.25, 0.3) is 0 Å². The molecule has 1 heteroatoms. The molecule has 3 fully saturated rings. The van der Waals surface area contributed by atoms with Gasteiger partial charge in [-0.2, -0.15) is 0 Å². The van der Waals surface area contributed by atoms with E-state index in [-0.39, 0.29) is 6.10 Å². The fraction of sp³-hybridized carbons (Fsp3) is 1.00. The van der Waals surface area contributed by atoms with Crippen molar-refractivity contribution in [1.82, 2.24) is 0 Å². The number of hydrogen-bond donors (Lipinski definition) is 1. The van der Waals surface area contributed by atoms with Crippen LogP contribution in [0.5, 0.6) is 0 Å². The number of hydrogen-bond acceptors (Lipinski definition) is 1. The third-order valence-corrected chi connectivity index (χ3v) is 3.48. The Morgan fingerprint density at radius 2 is 1.80 bits per heavy atom. The normalized spacial score (nSPS) is 53.4. The Morgan fingerprint density at radius 1 is 1.10 bits per heavy atom. The average Bonchev–Trinajstić information content (AvgIpc) is 1.91. The second-order valence-corrected chi connectivity index (χ2v) is 4.11. The molecule has 0 aromatic carbocycles. The van der Waals surface area contributed by atoms with Crippen molar-refractivity contribution in [1.29, 1.82) is 0 Å². The molecule has 3 unspecified atom stereocenters. The third kappa shape index (κ3) is 0.878. The molecule has 0 saturated heterocycles. The minimum Gasteiger partial charge on any atom is -0.393 e. The van der Waals surface area contributed by atoms with Crippen molar-refractivity contribution in [2.24, 2.45) is 17.8 Å². The van der Waals surface area contributed by atoms with E-state index in [2.05, 4.69) is 6.92 Å². The van der Waals surface area contributed by atoms with Crippen LogP contribution in [0.4, 0.5) is 0 Å². The fourth-order valence-electron chi connectivity index (χ4n) is 2.70. The lowest BCUT2D eigenvalue weighted by atomic mass is 9.64. The van der Waals surface area contributed by atoms with Crippen LogP contribution < -0.4 is 0 Å². The largest absolute Gasteiger partial charge is 0.393 e. The minimum absolute atomic E-state index is 0.0509. The zero-order valence-electron chi connectivity index (χ0n) is 6.59. The van der Waals surface area contributed by atoms with E-state index in [0.29, 0.717) is 5.92 Å². The standard InChI is InChI=1S/C9H16O/c1-6-4-8-3-2-7(6)5-9(8)10/h6-10H,2-5H2,1H3/t6-,7?,8?,9?/m1/s1.